The maximum atomic E-state index is 11.9. The molecule has 1 aromatic heterocycles. The first-order chi connectivity index (χ1) is 9.58. The summed E-state index contributed by atoms with van der Waals surface area (Å²) in [6.07, 6.45) is 4.14. The minimum Gasteiger partial charge on any atom is -0.453 e. The highest BCUT2D eigenvalue weighted by Gasteiger charge is 2.13. The number of aryl methyl sites for hydroxylation is 2. The molecule has 5 nitrogen and oxygen atoms in total. The number of rotatable bonds is 4. The number of carbonyl (C=O) groups excluding carboxylic acids is 2. The van der Waals surface area contributed by atoms with Crippen LogP contribution in [0.5, 0.6) is 0 Å². The lowest BCUT2D eigenvalue weighted by Crippen LogP contribution is -2.15. The fourth-order valence-electron chi connectivity index (χ4n) is 1.61. The normalized spacial score (nSPS) is 10.1. The Morgan fingerprint density at radius 1 is 1.15 bits per heavy atom. The van der Waals surface area contributed by atoms with Crippen LogP contribution in [0, 0.1) is 13.8 Å². The summed E-state index contributed by atoms with van der Waals surface area (Å²) in [4.78, 5) is 31.1. The summed E-state index contributed by atoms with van der Waals surface area (Å²) in [5.74, 6) is -0.902. The molecular formula is C15H14N2O3. The van der Waals surface area contributed by atoms with Crippen molar-refractivity contribution in [2.45, 2.75) is 13.8 Å². The van der Waals surface area contributed by atoms with Crippen molar-refractivity contribution in [2.24, 2.45) is 0 Å². The number of carbonyl (C=O) groups is 2. The van der Waals surface area contributed by atoms with Gasteiger partial charge in [0.25, 0.3) is 0 Å². The van der Waals surface area contributed by atoms with Gasteiger partial charge in [0.05, 0.1) is 6.20 Å². The van der Waals surface area contributed by atoms with Gasteiger partial charge in [-0.2, -0.15) is 0 Å². The molecule has 0 spiro atoms. The lowest BCUT2D eigenvalue weighted by Gasteiger charge is -2.05. The van der Waals surface area contributed by atoms with Crippen LogP contribution in [0.15, 0.2) is 36.8 Å². The molecule has 0 saturated heterocycles. The van der Waals surface area contributed by atoms with Gasteiger partial charge in [-0.1, -0.05) is 12.1 Å². The molecule has 0 radical (unpaired) electrons. The number of benzene rings is 1. The van der Waals surface area contributed by atoms with E-state index in [9.17, 15) is 9.59 Å². The highest BCUT2D eigenvalue weighted by molar-refractivity contribution is 5.99. The van der Waals surface area contributed by atoms with Crippen molar-refractivity contribution in [1.82, 2.24) is 9.97 Å². The molecule has 0 unspecified atom stereocenters. The van der Waals surface area contributed by atoms with Crippen LogP contribution in [0.4, 0.5) is 0 Å². The molecule has 2 aromatic rings. The molecule has 1 aromatic carbocycles. The summed E-state index contributed by atoms with van der Waals surface area (Å²) in [6.45, 7) is 3.59. The van der Waals surface area contributed by atoms with Gasteiger partial charge in [-0.15, -0.1) is 0 Å². The molecule has 102 valence electrons. The van der Waals surface area contributed by atoms with E-state index in [4.69, 9.17) is 4.74 Å². The largest absolute Gasteiger partial charge is 0.453 e. The second kappa shape index (κ2) is 6.06. The summed E-state index contributed by atoms with van der Waals surface area (Å²) in [7, 11) is 0. The number of ether oxygens (including phenoxy) is 1. The summed E-state index contributed by atoms with van der Waals surface area (Å²) in [5, 5.41) is 0. The molecular weight excluding hydrogens is 256 g/mol. The highest BCUT2D eigenvalue weighted by atomic mass is 16.5. The minimum absolute atomic E-state index is 0.0837. The quantitative estimate of drug-likeness (QED) is 0.629. The van der Waals surface area contributed by atoms with Crippen LogP contribution in [0.2, 0.25) is 0 Å². The van der Waals surface area contributed by atoms with E-state index in [0.717, 1.165) is 11.1 Å². The Bertz CT molecular complexity index is 639. The maximum absolute atomic E-state index is 11.9. The number of hydrogen-bond donors (Lipinski definition) is 0. The first-order valence-electron chi connectivity index (χ1n) is 6.11. The molecule has 1 heterocycles. The van der Waals surface area contributed by atoms with Gasteiger partial charge >= 0.3 is 5.97 Å². The number of Topliss-reactive ketones (excluding diaryl/α,β-unsaturated/α-hetero) is 1. The molecule has 0 aliphatic heterocycles. The number of aromatic nitrogens is 2. The molecule has 0 bridgehead atoms. The Balaban J connectivity index is 1.98. The van der Waals surface area contributed by atoms with Crippen molar-refractivity contribution >= 4 is 11.8 Å². The molecule has 0 saturated carbocycles. The average molecular weight is 270 g/mol. The predicted molar refractivity (Wildman–Crippen MR) is 72.6 cm³/mol. The zero-order chi connectivity index (χ0) is 14.5. The molecule has 0 N–H and O–H groups in total. The number of hydrogen-bond acceptors (Lipinski definition) is 5. The summed E-state index contributed by atoms with van der Waals surface area (Å²) < 4.78 is 4.92. The van der Waals surface area contributed by atoms with Gasteiger partial charge in [-0.3, -0.25) is 9.78 Å². The van der Waals surface area contributed by atoms with Crippen molar-refractivity contribution in [1.29, 1.82) is 0 Å². The van der Waals surface area contributed by atoms with E-state index in [-0.39, 0.29) is 18.1 Å². The number of ketones is 1. The zero-order valence-electron chi connectivity index (χ0n) is 11.3. The van der Waals surface area contributed by atoms with E-state index in [1.54, 1.807) is 12.1 Å². The van der Waals surface area contributed by atoms with Gasteiger partial charge in [0, 0.05) is 18.0 Å². The molecule has 5 heteroatoms. The SMILES string of the molecule is Cc1ccc(C(=O)COC(=O)c2cnccn2)cc1C. The lowest BCUT2D eigenvalue weighted by atomic mass is 10.0. The second-order valence-electron chi connectivity index (χ2n) is 4.39. The topological polar surface area (TPSA) is 69.2 Å². The fraction of sp³-hybridized carbons (Fsp3) is 0.200. The van der Waals surface area contributed by atoms with Crippen LogP contribution in [0.3, 0.4) is 0 Å². The highest BCUT2D eigenvalue weighted by Crippen LogP contribution is 2.10. The van der Waals surface area contributed by atoms with E-state index in [1.165, 1.54) is 18.6 Å². The van der Waals surface area contributed by atoms with Crippen molar-refractivity contribution < 1.29 is 14.3 Å². The molecule has 2 rings (SSSR count). The summed E-state index contributed by atoms with van der Waals surface area (Å²) in [6, 6.07) is 5.38. The van der Waals surface area contributed by atoms with Gasteiger partial charge in [-0.25, -0.2) is 9.78 Å². The smallest absolute Gasteiger partial charge is 0.358 e. The third kappa shape index (κ3) is 3.26. The van der Waals surface area contributed by atoms with E-state index < -0.39 is 5.97 Å². The molecule has 0 aliphatic rings. The summed E-state index contributed by atoms with van der Waals surface area (Å²) >= 11 is 0. The Kier molecular flexibility index (Phi) is 4.20. The minimum atomic E-state index is -0.657. The van der Waals surface area contributed by atoms with Crippen molar-refractivity contribution in [3.63, 3.8) is 0 Å². The lowest BCUT2D eigenvalue weighted by molar-refractivity contribution is 0.0468. The van der Waals surface area contributed by atoms with Crippen LogP contribution in [-0.4, -0.2) is 28.3 Å². The van der Waals surface area contributed by atoms with Crippen LogP contribution in [-0.2, 0) is 4.74 Å². The number of esters is 1. The van der Waals surface area contributed by atoms with Gasteiger partial charge in [-0.05, 0) is 31.0 Å². The zero-order valence-corrected chi connectivity index (χ0v) is 11.3. The predicted octanol–water partition coefficient (Wildman–Crippen LogP) is 2.13. The van der Waals surface area contributed by atoms with Crippen molar-refractivity contribution in [2.75, 3.05) is 6.61 Å². The van der Waals surface area contributed by atoms with E-state index in [1.807, 2.05) is 19.9 Å². The molecule has 20 heavy (non-hydrogen) atoms. The van der Waals surface area contributed by atoms with Gasteiger partial charge in [0.1, 0.15) is 0 Å². The van der Waals surface area contributed by atoms with E-state index in [0.29, 0.717) is 5.56 Å². The fourth-order valence-corrected chi connectivity index (χ4v) is 1.61. The van der Waals surface area contributed by atoms with Crippen LogP contribution in [0.25, 0.3) is 0 Å². The first kappa shape index (κ1) is 13.9. The van der Waals surface area contributed by atoms with Crippen LogP contribution in [0.1, 0.15) is 32.0 Å². The average Bonchev–Trinajstić information content (AvgIpc) is 2.48. The Morgan fingerprint density at radius 2 is 1.95 bits per heavy atom. The first-order valence-corrected chi connectivity index (χ1v) is 6.11. The Hall–Kier alpha value is -2.56. The third-order valence-corrected chi connectivity index (χ3v) is 2.94. The van der Waals surface area contributed by atoms with Crippen molar-refractivity contribution in [3.05, 3.63) is 59.2 Å². The van der Waals surface area contributed by atoms with Crippen LogP contribution >= 0.6 is 0 Å². The molecule has 0 atom stereocenters. The van der Waals surface area contributed by atoms with Gasteiger partial charge in [0.2, 0.25) is 0 Å². The summed E-state index contributed by atoms with van der Waals surface area (Å²) in [5.41, 5.74) is 2.75. The standard InChI is InChI=1S/C15H14N2O3/c1-10-3-4-12(7-11(10)2)14(18)9-20-15(19)13-8-16-5-6-17-13/h3-8H,9H2,1-2H3. The van der Waals surface area contributed by atoms with Gasteiger partial charge in [0.15, 0.2) is 18.1 Å². The van der Waals surface area contributed by atoms with Crippen molar-refractivity contribution in [3.8, 4) is 0 Å². The van der Waals surface area contributed by atoms with Gasteiger partial charge < -0.3 is 4.74 Å². The molecule has 0 fully saturated rings. The Morgan fingerprint density at radius 3 is 2.60 bits per heavy atom. The maximum Gasteiger partial charge on any atom is 0.358 e. The Labute approximate surface area is 116 Å². The molecule has 0 amide bonds. The van der Waals surface area contributed by atoms with E-state index >= 15 is 0 Å². The van der Waals surface area contributed by atoms with E-state index in [2.05, 4.69) is 9.97 Å². The van der Waals surface area contributed by atoms with Crippen LogP contribution < -0.4 is 0 Å². The monoisotopic (exact) mass is 270 g/mol. The third-order valence-electron chi connectivity index (χ3n) is 2.94. The number of nitrogens with zero attached hydrogens (tertiary/aromatic N) is 2. The molecule has 0 aliphatic carbocycles. The second-order valence-corrected chi connectivity index (χ2v) is 4.39.